The predicted molar refractivity (Wildman–Crippen MR) is 77.6 cm³/mol. The van der Waals surface area contributed by atoms with Crippen LogP contribution in [0.25, 0.3) is 0 Å². The van der Waals surface area contributed by atoms with Crippen molar-refractivity contribution in [1.82, 2.24) is 9.80 Å². The first-order valence-electron chi connectivity index (χ1n) is 7.72. The van der Waals surface area contributed by atoms with Crippen molar-refractivity contribution in [3.05, 3.63) is 0 Å². The molecule has 2 rings (SSSR count). The SMILES string of the molecule is CC1CCC(C(N)C2CN(C)CCCN2C)CC1. The molecule has 106 valence electrons. The standard InChI is InChI=1S/C15H31N3/c1-12-5-7-13(8-6-12)15(16)14-11-17(2)9-4-10-18(14)3/h12-15H,4-11,16H2,1-3H3. The van der Waals surface area contributed by atoms with Gasteiger partial charge in [-0.05, 0) is 58.3 Å². The molecule has 3 nitrogen and oxygen atoms in total. The van der Waals surface area contributed by atoms with E-state index in [0.717, 1.165) is 18.4 Å². The molecule has 2 aliphatic rings. The maximum atomic E-state index is 6.62. The van der Waals surface area contributed by atoms with Crippen molar-refractivity contribution in [3.63, 3.8) is 0 Å². The highest BCUT2D eigenvalue weighted by molar-refractivity contribution is 4.91. The Morgan fingerprint density at radius 1 is 1.06 bits per heavy atom. The van der Waals surface area contributed by atoms with E-state index >= 15 is 0 Å². The fourth-order valence-corrected chi connectivity index (χ4v) is 3.71. The summed E-state index contributed by atoms with van der Waals surface area (Å²) < 4.78 is 0. The van der Waals surface area contributed by atoms with E-state index in [-0.39, 0.29) is 0 Å². The topological polar surface area (TPSA) is 32.5 Å². The van der Waals surface area contributed by atoms with Gasteiger partial charge in [0.1, 0.15) is 0 Å². The van der Waals surface area contributed by atoms with Gasteiger partial charge in [0.05, 0.1) is 0 Å². The second-order valence-corrected chi connectivity index (χ2v) is 6.76. The second kappa shape index (κ2) is 6.36. The minimum atomic E-state index is 0.364. The molecule has 0 aromatic heterocycles. The van der Waals surface area contributed by atoms with Crippen LogP contribution in [0.15, 0.2) is 0 Å². The van der Waals surface area contributed by atoms with Crippen molar-refractivity contribution in [2.45, 2.75) is 51.1 Å². The average molecular weight is 253 g/mol. The summed E-state index contributed by atoms with van der Waals surface area (Å²) in [6, 6.07) is 0.916. The Morgan fingerprint density at radius 3 is 2.39 bits per heavy atom. The minimum Gasteiger partial charge on any atom is -0.326 e. The Balaban J connectivity index is 1.95. The van der Waals surface area contributed by atoms with Crippen LogP contribution in [-0.2, 0) is 0 Å². The first-order valence-corrected chi connectivity index (χ1v) is 7.72. The molecule has 0 radical (unpaired) electrons. The molecule has 0 spiro atoms. The third kappa shape index (κ3) is 3.46. The summed E-state index contributed by atoms with van der Waals surface area (Å²) in [5.74, 6) is 1.67. The fourth-order valence-electron chi connectivity index (χ4n) is 3.71. The summed E-state index contributed by atoms with van der Waals surface area (Å²) in [4.78, 5) is 4.96. The van der Waals surface area contributed by atoms with Crippen molar-refractivity contribution in [2.75, 3.05) is 33.7 Å². The molecular weight excluding hydrogens is 222 g/mol. The van der Waals surface area contributed by atoms with Crippen LogP contribution in [0.4, 0.5) is 0 Å². The van der Waals surface area contributed by atoms with E-state index in [1.54, 1.807) is 0 Å². The van der Waals surface area contributed by atoms with Crippen molar-refractivity contribution >= 4 is 0 Å². The molecule has 1 heterocycles. The number of hydrogen-bond donors (Lipinski definition) is 1. The molecule has 2 atom stereocenters. The zero-order valence-corrected chi connectivity index (χ0v) is 12.4. The van der Waals surface area contributed by atoms with E-state index in [1.165, 1.54) is 45.2 Å². The summed E-state index contributed by atoms with van der Waals surface area (Å²) in [5, 5.41) is 0. The van der Waals surface area contributed by atoms with Crippen molar-refractivity contribution in [3.8, 4) is 0 Å². The van der Waals surface area contributed by atoms with E-state index < -0.39 is 0 Å². The maximum Gasteiger partial charge on any atom is 0.0373 e. The Kier molecular flexibility index (Phi) is 5.05. The molecule has 18 heavy (non-hydrogen) atoms. The lowest BCUT2D eigenvalue weighted by Gasteiger charge is -2.39. The lowest BCUT2D eigenvalue weighted by molar-refractivity contribution is 0.139. The number of nitrogens with zero attached hydrogens (tertiary/aromatic N) is 2. The van der Waals surface area contributed by atoms with Crippen LogP contribution in [0, 0.1) is 11.8 Å². The third-order valence-electron chi connectivity index (χ3n) is 5.16. The van der Waals surface area contributed by atoms with Gasteiger partial charge in [-0.3, -0.25) is 0 Å². The van der Waals surface area contributed by atoms with Crippen LogP contribution in [0.2, 0.25) is 0 Å². The predicted octanol–water partition coefficient (Wildman–Crippen LogP) is 1.78. The molecule has 1 saturated carbocycles. The van der Waals surface area contributed by atoms with Crippen LogP contribution >= 0.6 is 0 Å². The van der Waals surface area contributed by atoms with E-state index in [0.29, 0.717) is 12.1 Å². The van der Waals surface area contributed by atoms with Gasteiger partial charge in [0.25, 0.3) is 0 Å². The Labute approximate surface area is 113 Å². The highest BCUT2D eigenvalue weighted by Crippen LogP contribution is 2.31. The summed E-state index contributed by atoms with van der Waals surface area (Å²) >= 11 is 0. The normalized spacial score (nSPS) is 38.3. The number of likely N-dealkylation sites (N-methyl/N-ethyl adjacent to an activating group) is 2. The van der Waals surface area contributed by atoms with E-state index in [9.17, 15) is 0 Å². The molecule has 1 aliphatic heterocycles. The fraction of sp³-hybridized carbons (Fsp3) is 1.00. The van der Waals surface area contributed by atoms with Crippen LogP contribution < -0.4 is 5.73 Å². The highest BCUT2D eigenvalue weighted by Gasteiger charge is 2.32. The highest BCUT2D eigenvalue weighted by atomic mass is 15.2. The molecule has 0 aromatic rings. The van der Waals surface area contributed by atoms with Gasteiger partial charge in [-0.25, -0.2) is 0 Å². The zero-order valence-electron chi connectivity index (χ0n) is 12.4. The van der Waals surface area contributed by atoms with Crippen molar-refractivity contribution in [2.24, 2.45) is 17.6 Å². The molecule has 1 saturated heterocycles. The average Bonchev–Trinajstić information content (AvgIpc) is 2.51. The van der Waals surface area contributed by atoms with Crippen LogP contribution in [0.3, 0.4) is 0 Å². The molecule has 0 amide bonds. The second-order valence-electron chi connectivity index (χ2n) is 6.76. The summed E-state index contributed by atoms with van der Waals surface area (Å²) in [6.45, 7) is 5.94. The molecule has 1 aliphatic carbocycles. The van der Waals surface area contributed by atoms with Crippen molar-refractivity contribution < 1.29 is 0 Å². The smallest absolute Gasteiger partial charge is 0.0373 e. The van der Waals surface area contributed by atoms with Crippen molar-refractivity contribution in [1.29, 1.82) is 0 Å². The molecular formula is C15H31N3. The Bertz CT molecular complexity index is 248. The van der Waals surface area contributed by atoms with Gasteiger partial charge >= 0.3 is 0 Å². The van der Waals surface area contributed by atoms with Crippen LogP contribution in [0.5, 0.6) is 0 Å². The lowest BCUT2D eigenvalue weighted by atomic mass is 9.77. The number of rotatable bonds is 2. The monoisotopic (exact) mass is 253 g/mol. The van der Waals surface area contributed by atoms with Crippen LogP contribution in [-0.4, -0.2) is 55.6 Å². The van der Waals surface area contributed by atoms with Crippen LogP contribution in [0.1, 0.15) is 39.0 Å². The van der Waals surface area contributed by atoms with Gasteiger partial charge in [0.15, 0.2) is 0 Å². The van der Waals surface area contributed by atoms with Gasteiger partial charge < -0.3 is 15.5 Å². The molecule has 2 N–H and O–H groups in total. The molecule has 0 bridgehead atoms. The Hall–Kier alpha value is -0.120. The molecule has 0 aromatic carbocycles. The summed E-state index contributed by atoms with van der Waals surface area (Å²) in [7, 11) is 4.50. The largest absolute Gasteiger partial charge is 0.326 e. The molecule has 2 fully saturated rings. The van der Waals surface area contributed by atoms with Gasteiger partial charge in [-0.2, -0.15) is 0 Å². The molecule has 2 unspecified atom stereocenters. The first-order chi connectivity index (χ1) is 8.58. The summed E-state index contributed by atoms with van der Waals surface area (Å²) in [5.41, 5.74) is 6.62. The zero-order chi connectivity index (χ0) is 13.1. The minimum absolute atomic E-state index is 0.364. The number of nitrogens with two attached hydrogens (primary N) is 1. The van der Waals surface area contributed by atoms with Gasteiger partial charge in [-0.1, -0.05) is 19.8 Å². The van der Waals surface area contributed by atoms with E-state index in [2.05, 4.69) is 30.8 Å². The summed E-state index contributed by atoms with van der Waals surface area (Å²) in [6.07, 6.45) is 6.72. The maximum absolute atomic E-state index is 6.62. The van der Waals surface area contributed by atoms with Gasteiger partial charge in [-0.15, -0.1) is 0 Å². The lowest BCUT2D eigenvalue weighted by Crippen LogP contribution is -2.53. The quantitative estimate of drug-likeness (QED) is 0.814. The van der Waals surface area contributed by atoms with Gasteiger partial charge in [0.2, 0.25) is 0 Å². The molecule has 3 heteroatoms. The third-order valence-corrected chi connectivity index (χ3v) is 5.16. The van der Waals surface area contributed by atoms with E-state index in [1.807, 2.05) is 0 Å². The van der Waals surface area contributed by atoms with E-state index in [4.69, 9.17) is 5.73 Å². The Morgan fingerprint density at radius 2 is 1.72 bits per heavy atom. The number of hydrogen-bond acceptors (Lipinski definition) is 3. The first kappa shape index (κ1) is 14.3. The van der Waals surface area contributed by atoms with Gasteiger partial charge in [0, 0.05) is 18.6 Å².